The predicted octanol–water partition coefficient (Wildman–Crippen LogP) is 3.83. The minimum atomic E-state index is -0.170. The van der Waals surface area contributed by atoms with Gasteiger partial charge in [0.25, 0.3) is 0 Å². The summed E-state index contributed by atoms with van der Waals surface area (Å²) in [6, 6.07) is 7.21. The van der Waals surface area contributed by atoms with Crippen LogP contribution in [-0.2, 0) is 6.54 Å². The summed E-state index contributed by atoms with van der Waals surface area (Å²) in [6.45, 7) is 2.88. The molecule has 2 nitrogen and oxygen atoms in total. The molecule has 0 radical (unpaired) electrons. The van der Waals surface area contributed by atoms with Gasteiger partial charge in [-0.15, -0.1) is 11.3 Å². The Kier molecular flexibility index (Phi) is 3.62. The Morgan fingerprint density at radius 1 is 1.37 bits per heavy atom. The minimum Gasteiger partial charge on any atom is -0.305 e. The fourth-order valence-corrected chi connectivity index (χ4v) is 3.08. The molecular weight excluding hydrogens is 259 g/mol. The maximum absolute atomic E-state index is 13.0. The van der Waals surface area contributed by atoms with E-state index in [1.807, 2.05) is 24.6 Å². The fourth-order valence-electron chi connectivity index (χ4n) is 2.35. The van der Waals surface area contributed by atoms with Crippen molar-refractivity contribution in [2.45, 2.75) is 32.4 Å². The van der Waals surface area contributed by atoms with Crippen LogP contribution in [0.15, 0.2) is 29.8 Å². The van der Waals surface area contributed by atoms with Gasteiger partial charge in [-0.2, -0.15) is 0 Å². The molecule has 1 aromatic heterocycles. The van der Waals surface area contributed by atoms with Gasteiger partial charge in [0.15, 0.2) is 0 Å². The smallest absolute Gasteiger partial charge is 0.123 e. The van der Waals surface area contributed by atoms with E-state index in [2.05, 4.69) is 10.3 Å². The summed E-state index contributed by atoms with van der Waals surface area (Å²) in [7, 11) is 0. The fraction of sp³-hybridized carbons (Fsp3) is 0.400. The van der Waals surface area contributed by atoms with Crippen LogP contribution in [0.2, 0.25) is 0 Å². The standard InChI is InChI=1S/C15H17FN2S/c1-10-14(19-9-18-10)8-17-15(11-2-3-11)12-4-6-13(16)7-5-12/h4-7,9,11,15,17H,2-3,8H2,1H3. The van der Waals surface area contributed by atoms with Crippen molar-refractivity contribution in [3.05, 3.63) is 51.7 Å². The number of benzene rings is 1. The topological polar surface area (TPSA) is 24.9 Å². The molecule has 0 spiro atoms. The largest absolute Gasteiger partial charge is 0.305 e. The molecule has 3 rings (SSSR count). The van der Waals surface area contributed by atoms with Gasteiger partial charge in [-0.1, -0.05) is 12.1 Å². The molecule has 1 N–H and O–H groups in total. The Hall–Kier alpha value is -1.26. The van der Waals surface area contributed by atoms with E-state index in [1.54, 1.807) is 23.5 Å². The summed E-state index contributed by atoms with van der Waals surface area (Å²) >= 11 is 1.69. The van der Waals surface area contributed by atoms with Crippen LogP contribution in [0.4, 0.5) is 4.39 Å². The van der Waals surface area contributed by atoms with Crippen molar-refractivity contribution < 1.29 is 4.39 Å². The van der Waals surface area contributed by atoms with Gasteiger partial charge in [-0.3, -0.25) is 0 Å². The SMILES string of the molecule is Cc1ncsc1CNC(c1ccc(F)cc1)C1CC1. The van der Waals surface area contributed by atoms with Gasteiger partial charge < -0.3 is 5.32 Å². The average molecular weight is 276 g/mol. The van der Waals surface area contributed by atoms with Gasteiger partial charge in [-0.05, 0) is 43.4 Å². The number of aromatic nitrogens is 1. The van der Waals surface area contributed by atoms with Crippen LogP contribution in [0.5, 0.6) is 0 Å². The molecule has 19 heavy (non-hydrogen) atoms. The Labute approximate surface area is 116 Å². The number of nitrogens with zero attached hydrogens (tertiary/aromatic N) is 1. The molecule has 4 heteroatoms. The first-order valence-corrected chi connectivity index (χ1v) is 7.50. The van der Waals surface area contributed by atoms with E-state index < -0.39 is 0 Å². The number of thiazole rings is 1. The first kappa shape index (κ1) is 12.8. The zero-order valence-electron chi connectivity index (χ0n) is 10.9. The van der Waals surface area contributed by atoms with Crippen LogP contribution in [-0.4, -0.2) is 4.98 Å². The van der Waals surface area contributed by atoms with Crippen molar-refractivity contribution in [1.29, 1.82) is 0 Å². The highest BCUT2D eigenvalue weighted by atomic mass is 32.1. The van der Waals surface area contributed by atoms with Crippen LogP contribution in [0.25, 0.3) is 0 Å². The molecule has 0 saturated heterocycles. The Morgan fingerprint density at radius 3 is 2.68 bits per heavy atom. The zero-order valence-corrected chi connectivity index (χ0v) is 11.7. The van der Waals surface area contributed by atoms with Gasteiger partial charge in [0.05, 0.1) is 11.2 Å². The highest BCUT2D eigenvalue weighted by Gasteiger charge is 2.32. The zero-order chi connectivity index (χ0) is 13.2. The van der Waals surface area contributed by atoms with E-state index in [4.69, 9.17) is 0 Å². The molecule has 0 amide bonds. The number of halogens is 1. The van der Waals surface area contributed by atoms with Gasteiger partial charge in [-0.25, -0.2) is 9.37 Å². The van der Waals surface area contributed by atoms with E-state index in [0.717, 1.165) is 12.2 Å². The molecule has 1 saturated carbocycles. The normalized spacial score (nSPS) is 16.5. The molecule has 0 bridgehead atoms. The Morgan fingerprint density at radius 2 is 2.11 bits per heavy atom. The quantitative estimate of drug-likeness (QED) is 0.897. The van der Waals surface area contributed by atoms with Crippen molar-refractivity contribution in [1.82, 2.24) is 10.3 Å². The summed E-state index contributed by atoms with van der Waals surface area (Å²) in [5.41, 5.74) is 4.17. The molecule has 1 aliphatic carbocycles. The third-order valence-electron chi connectivity index (χ3n) is 3.65. The summed E-state index contributed by atoms with van der Waals surface area (Å²) in [6.07, 6.45) is 2.52. The van der Waals surface area contributed by atoms with E-state index in [0.29, 0.717) is 12.0 Å². The summed E-state index contributed by atoms with van der Waals surface area (Å²) in [5, 5.41) is 3.61. The molecule has 0 aliphatic heterocycles. The lowest BCUT2D eigenvalue weighted by Gasteiger charge is -2.18. The predicted molar refractivity (Wildman–Crippen MR) is 75.6 cm³/mol. The van der Waals surface area contributed by atoms with Crippen LogP contribution in [0.3, 0.4) is 0 Å². The van der Waals surface area contributed by atoms with E-state index in [9.17, 15) is 4.39 Å². The maximum Gasteiger partial charge on any atom is 0.123 e. The van der Waals surface area contributed by atoms with Crippen molar-refractivity contribution in [2.24, 2.45) is 5.92 Å². The monoisotopic (exact) mass is 276 g/mol. The third kappa shape index (κ3) is 3.01. The lowest BCUT2D eigenvalue weighted by atomic mass is 10.0. The number of hydrogen-bond donors (Lipinski definition) is 1. The second-order valence-corrected chi connectivity index (χ2v) is 6.05. The van der Waals surface area contributed by atoms with Gasteiger partial charge in [0.2, 0.25) is 0 Å². The van der Waals surface area contributed by atoms with Gasteiger partial charge >= 0.3 is 0 Å². The molecule has 1 fully saturated rings. The molecule has 1 aliphatic rings. The maximum atomic E-state index is 13.0. The second kappa shape index (κ2) is 5.39. The van der Waals surface area contributed by atoms with Gasteiger partial charge in [0.1, 0.15) is 5.82 Å². The first-order chi connectivity index (χ1) is 9.24. The van der Waals surface area contributed by atoms with E-state index in [-0.39, 0.29) is 5.82 Å². The highest BCUT2D eigenvalue weighted by molar-refractivity contribution is 7.09. The van der Waals surface area contributed by atoms with Crippen LogP contribution >= 0.6 is 11.3 Å². The molecule has 1 unspecified atom stereocenters. The average Bonchev–Trinajstić information content (AvgIpc) is 3.16. The summed E-state index contributed by atoms with van der Waals surface area (Å²) in [5.74, 6) is 0.523. The van der Waals surface area contributed by atoms with Crippen molar-refractivity contribution >= 4 is 11.3 Å². The van der Waals surface area contributed by atoms with Crippen LogP contribution in [0.1, 0.15) is 35.0 Å². The molecule has 1 atom stereocenters. The lowest BCUT2D eigenvalue weighted by molar-refractivity contribution is 0.481. The number of aryl methyl sites for hydroxylation is 1. The molecule has 100 valence electrons. The number of rotatable bonds is 5. The summed E-state index contributed by atoms with van der Waals surface area (Å²) in [4.78, 5) is 5.55. The third-order valence-corrected chi connectivity index (χ3v) is 4.59. The van der Waals surface area contributed by atoms with Crippen LogP contribution in [0, 0.1) is 18.7 Å². The Balaban J connectivity index is 1.71. The van der Waals surface area contributed by atoms with E-state index in [1.165, 1.54) is 23.3 Å². The minimum absolute atomic E-state index is 0.170. The number of nitrogens with one attached hydrogen (secondary N) is 1. The molecular formula is C15H17FN2S. The highest BCUT2D eigenvalue weighted by Crippen LogP contribution is 2.41. The van der Waals surface area contributed by atoms with Crippen LogP contribution < -0.4 is 5.32 Å². The first-order valence-electron chi connectivity index (χ1n) is 6.62. The molecule has 2 aromatic rings. The summed E-state index contributed by atoms with van der Waals surface area (Å²) < 4.78 is 13.0. The second-order valence-electron chi connectivity index (χ2n) is 5.11. The molecule has 1 aromatic carbocycles. The Bertz CT molecular complexity index is 546. The lowest BCUT2D eigenvalue weighted by Crippen LogP contribution is -2.22. The van der Waals surface area contributed by atoms with Crippen molar-refractivity contribution in [2.75, 3.05) is 0 Å². The van der Waals surface area contributed by atoms with E-state index >= 15 is 0 Å². The van der Waals surface area contributed by atoms with Gasteiger partial charge in [0, 0.05) is 17.5 Å². The van der Waals surface area contributed by atoms with Crippen molar-refractivity contribution in [3.63, 3.8) is 0 Å². The number of hydrogen-bond acceptors (Lipinski definition) is 3. The van der Waals surface area contributed by atoms with Crippen molar-refractivity contribution in [3.8, 4) is 0 Å². The molecule has 1 heterocycles.